The minimum Gasteiger partial charge on any atom is -0.346 e. The third kappa shape index (κ3) is 3.33. The number of rotatable bonds is 6. The summed E-state index contributed by atoms with van der Waals surface area (Å²) >= 11 is 3.59. The zero-order chi connectivity index (χ0) is 21.0. The Kier molecular flexibility index (Phi) is 5.07. The molecule has 6 rings (SSSR count). The van der Waals surface area contributed by atoms with Gasteiger partial charge in [0.25, 0.3) is 11.5 Å². The summed E-state index contributed by atoms with van der Waals surface area (Å²) < 4.78 is 4.25. The highest BCUT2D eigenvalue weighted by molar-refractivity contribution is 9.10. The Balaban J connectivity index is 1.50. The molecule has 2 aromatic rings. The molecule has 7 heteroatoms. The second kappa shape index (κ2) is 7.50. The Bertz CT molecular complexity index is 1020. The van der Waals surface area contributed by atoms with Gasteiger partial charge >= 0.3 is 0 Å². The van der Waals surface area contributed by atoms with Gasteiger partial charge in [0.15, 0.2) is 5.65 Å². The third-order valence-electron chi connectivity index (χ3n) is 7.61. The van der Waals surface area contributed by atoms with Crippen molar-refractivity contribution < 1.29 is 4.79 Å². The maximum absolute atomic E-state index is 13.4. The van der Waals surface area contributed by atoms with Crippen LogP contribution in [0.3, 0.4) is 0 Å². The number of hydrogen-bond donors (Lipinski definition) is 1. The summed E-state index contributed by atoms with van der Waals surface area (Å²) in [7, 11) is 0. The normalized spacial score (nSPS) is 29.6. The van der Waals surface area contributed by atoms with Crippen LogP contribution in [0.4, 0.5) is 0 Å². The number of unbranched alkanes of at least 4 members (excludes halogenated alkanes) is 2. The van der Waals surface area contributed by atoms with Gasteiger partial charge in [-0.25, -0.2) is 0 Å². The van der Waals surface area contributed by atoms with E-state index in [1.54, 1.807) is 6.20 Å². The van der Waals surface area contributed by atoms with E-state index in [0.29, 0.717) is 0 Å². The lowest BCUT2D eigenvalue weighted by atomic mass is 9.53. The molecule has 4 bridgehead atoms. The van der Waals surface area contributed by atoms with E-state index in [0.717, 1.165) is 78.6 Å². The summed E-state index contributed by atoms with van der Waals surface area (Å²) in [4.78, 5) is 26.6. The lowest BCUT2D eigenvalue weighted by Crippen LogP contribution is -2.60. The Hall–Kier alpha value is -1.63. The molecule has 4 fully saturated rings. The molecule has 4 aliphatic carbocycles. The number of nitrogens with zero attached hydrogens (tertiary/aromatic N) is 3. The molecular formula is C23H31BrN4O2. The van der Waals surface area contributed by atoms with Gasteiger partial charge in [-0.3, -0.25) is 9.59 Å². The Morgan fingerprint density at radius 2 is 1.83 bits per heavy atom. The number of amides is 1. The number of carbonyl (C=O) groups is 1. The van der Waals surface area contributed by atoms with Crippen LogP contribution in [-0.2, 0) is 6.54 Å². The van der Waals surface area contributed by atoms with Crippen molar-refractivity contribution in [2.75, 3.05) is 0 Å². The lowest BCUT2D eigenvalue weighted by molar-refractivity contribution is -0.0167. The predicted molar refractivity (Wildman–Crippen MR) is 120 cm³/mol. The quantitative estimate of drug-likeness (QED) is 0.628. The molecule has 0 aliphatic heterocycles. The van der Waals surface area contributed by atoms with E-state index in [1.165, 1.54) is 23.8 Å². The SMILES string of the molecule is CCCCCn1cc(C(=O)NC23CC4CC(CC(C4)C2)C3)c(=O)n2nc(C)c(Br)c12. The van der Waals surface area contributed by atoms with Gasteiger partial charge in [0.05, 0.1) is 10.2 Å². The van der Waals surface area contributed by atoms with Crippen LogP contribution in [0.1, 0.15) is 80.8 Å². The maximum atomic E-state index is 13.4. The second-order valence-corrected chi connectivity index (χ2v) is 10.8. The molecule has 0 spiro atoms. The van der Waals surface area contributed by atoms with Gasteiger partial charge in [-0.05, 0) is 85.6 Å². The smallest absolute Gasteiger partial charge is 0.287 e. The summed E-state index contributed by atoms with van der Waals surface area (Å²) in [5.74, 6) is 2.01. The average molecular weight is 475 g/mol. The second-order valence-electron chi connectivity index (χ2n) is 10.0. The molecule has 30 heavy (non-hydrogen) atoms. The molecule has 0 radical (unpaired) electrons. The zero-order valence-electron chi connectivity index (χ0n) is 17.9. The maximum Gasteiger partial charge on any atom is 0.287 e. The summed E-state index contributed by atoms with van der Waals surface area (Å²) in [5, 5.41) is 7.78. The van der Waals surface area contributed by atoms with Crippen molar-refractivity contribution >= 4 is 27.5 Å². The van der Waals surface area contributed by atoms with Gasteiger partial charge in [0.1, 0.15) is 5.56 Å². The first-order valence-electron chi connectivity index (χ1n) is 11.5. The zero-order valence-corrected chi connectivity index (χ0v) is 19.5. The molecule has 0 aromatic carbocycles. The minimum atomic E-state index is -0.326. The van der Waals surface area contributed by atoms with Crippen LogP contribution in [-0.4, -0.2) is 25.6 Å². The fraction of sp³-hybridized carbons (Fsp3) is 0.696. The summed E-state index contributed by atoms with van der Waals surface area (Å²) in [6, 6.07) is 0. The van der Waals surface area contributed by atoms with Gasteiger partial charge in [-0.15, -0.1) is 0 Å². The van der Waals surface area contributed by atoms with E-state index in [2.05, 4.69) is 33.3 Å². The van der Waals surface area contributed by atoms with E-state index in [4.69, 9.17) is 0 Å². The van der Waals surface area contributed by atoms with Crippen molar-refractivity contribution in [3.63, 3.8) is 0 Å². The van der Waals surface area contributed by atoms with Crippen molar-refractivity contribution in [2.45, 2.75) is 83.7 Å². The van der Waals surface area contributed by atoms with Crippen molar-refractivity contribution in [1.82, 2.24) is 19.5 Å². The van der Waals surface area contributed by atoms with Crippen molar-refractivity contribution in [3.05, 3.63) is 32.3 Å². The number of carbonyl (C=O) groups excluding carboxylic acids is 1. The first-order valence-corrected chi connectivity index (χ1v) is 12.3. The molecule has 2 heterocycles. The van der Waals surface area contributed by atoms with E-state index in [1.807, 2.05) is 11.5 Å². The minimum absolute atomic E-state index is 0.110. The van der Waals surface area contributed by atoms with Crippen LogP contribution >= 0.6 is 15.9 Å². The molecule has 1 N–H and O–H groups in total. The molecule has 162 valence electrons. The topological polar surface area (TPSA) is 68.4 Å². The monoisotopic (exact) mass is 474 g/mol. The van der Waals surface area contributed by atoms with Gasteiger partial charge < -0.3 is 9.88 Å². The number of aryl methyl sites for hydroxylation is 2. The summed E-state index contributed by atoms with van der Waals surface area (Å²) in [6.45, 7) is 4.81. The molecular weight excluding hydrogens is 444 g/mol. The molecule has 2 aromatic heterocycles. The standard InChI is InChI=1S/C23H31BrN4O2/c1-3-4-5-6-27-13-18(22(30)28-21(27)19(24)14(2)26-28)20(29)25-23-10-15-7-16(11-23)9-17(8-15)12-23/h13,15-17H,3-12H2,1-2H3,(H,25,29). The van der Waals surface area contributed by atoms with Crippen LogP contribution < -0.4 is 10.9 Å². The Morgan fingerprint density at radius 1 is 1.20 bits per heavy atom. The number of nitrogens with one attached hydrogen (secondary N) is 1. The number of hydrogen-bond acceptors (Lipinski definition) is 3. The highest BCUT2D eigenvalue weighted by atomic mass is 79.9. The summed E-state index contributed by atoms with van der Waals surface area (Å²) in [5.41, 5.74) is 1.27. The van der Waals surface area contributed by atoms with Crippen molar-refractivity contribution in [3.8, 4) is 0 Å². The third-order valence-corrected chi connectivity index (χ3v) is 8.54. The Labute approximate surface area is 185 Å². The molecule has 1 amide bonds. The van der Waals surface area contributed by atoms with Gasteiger partial charge in [-0.2, -0.15) is 9.61 Å². The van der Waals surface area contributed by atoms with E-state index in [-0.39, 0.29) is 22.6 Å². The molecule has 0 unspecified atom stereocenters. The van der Waals surface area contributed by atoms with Gasteiger partial charge in [0, 0.05) is 18.3 Å². The lowest BCUT2D eigenvalue weighted by Gasteiger charge is -2.56. The van der Waals surface area contributed by atoms with E-state index < -0.39 is 0 Å². The number of halogens is 1. The molecule has 4 saturated carbocycles. The van der Waals surface area contributed by atoms with Crippen molar-refractivity contribution in [2.24, 2.45) is 17.8 Å². The first-order chi connectivity index (χ1) is 14.4. The Morgan fingerprint density at radius 3 is 2.43 bits per heavy atom. The van der Waals surface area contributed by atoms with Crippen molar-refractivity contribution in [1.29, 1.82) is 0 Å². The first kappa shape index (κ1) is 20.3. The summed E-state index contributed by atoms with van der Waals surface area (Å²) in [6.07, 6.45) is 12.2. The van der Waals surface area contributed by atoms with Crippen LogP contribution in [0.2, 0.25) is 0 Å². The predicted octanol–water partition coefficient (Wildman–Crippen LogP) is 4.46. The highest BCUT2D eigenvalue weighted by Crippen LogP contribution is 2.55. The van der Waals surface area contributed by atoms with Crippen LogP contribution in [0, 0.1) is 24.7 Å². The highest BCUT2D eigenvalue weighted by Gasteiger charge is 2.51. The van der Waals surface area contributed by atoms with E-state index >= 15 is 0 Å². The molecule has 4 aliphatic rings. The number of aromatic nitrogens is 3. The van der Waals surface area contributed by atoms with Crippen LogP contribution in [0.5, 0.6) is 0 Å². The molecule has 0 saturated heterocycles. The van der Waals surface area contributed by atoms with Gasteiger partial charge in [-0.1, -0.05) is 19.8 Å². The molecule has 6 nitrogen and oxygen atoms in total. The number of fused-ring (bicyclic) bond motifs is 1. The van der Waals surface area contributed by atoms with Crippen LogP contribution in [0.25, 0.3) is 5.65 Å². The largest absolute Gasteiger partial charge is 0.346 e. The fourth-order valence-corrected chi connectivity index (χ4v) is 7.18. The van der Waals surface area contributed by atoms with E-state index in [9.17, 15) is 9.59 Å². The van der Waals surface area contributed by atoms with Gasteiger partial charge in [0.2, 0.25) is 0 Å². The molecule has 0 atom stereocenters. The average Bonchev–Trinajstić information content (AvgIpc) is 2.98. The fourth-order valence-electron chi connectivity index (χ4n) is 6.70. The van der Waals surface area contributed by atoms with Crippen LogP contribution in [0.15, 0.2) is 15.5 Å².